The Morgan fingerprint density at radius 2 is 1.67 bits per heavy atom. The highest BCUT2D eigenvalue weighted by Crippen LogP contribution is 2.35. The van der Waals surface area contributed by atoms with Gasteiger partial charge in [0.15, 0.2) is 0 Å². The van der Waals surface area contributed by atoms with Gasteiger partial charge in [0.2, 0.25) is 0 Å². The summed E-state index contributed by atoms with van der Waals surface area (Å²) >= 11 is 7.62. The summed E-state index contributed by atoms with van der Waals surface area (Å²) in [5, 5.41) is 12.0. The number of ether oxygens (including phenoxy) is 1. The number of carboxylic acids is 1. The van der Waals surface area contributed by atoms with Crippen LogP contribution in [-0.4, -0.2) is 18.2 Å². The summed E-state index contributed by atoms with van der Waals surface area (Å²) in [6.45, 7) is 0. The summed E-state index contributed by atoms with van der Waals surface area (Å²) in [6.07, 6.45) is 1.63. The first kappa shape index (κ1) is 19.8. The van der Waals surface area contributed by atoms with Crippen molar-refractivity contribution in [1.82, 2.24) is 0 Å². The Morgan fingerprint density at radius 1 is 0.967 bits per heavy atom. The Bertz CT molecular complexity index is 1260. The maximum absolute atomic E-state index is 12.5. The van der Waals surface area contributed by atoms with Gasteiger partial charge in [0.1, 0.15) is 10.6 Å². The number of fused-ring (bicyclic) bond motifs is 1. The number of aliphatic imine (C=N–C) groups is 1. The Balaban J connectivity index is 1.44. The summed E-state index contributed by atoms with van der Waals surface area (Å²) in [4.78, 5) is 27.9. The molecule has 0 saturated carbocycles. The molecule has 0 atom stereocenters. The number of hydrogen-bond acceptors (Lipinski definition) is 6. The van der Waals surface area contributed by atoms with Crippen LogP contribution in [0.15, 0.2) is 77.8 Å². The summed E-state index contributed by atoms with van der Waals surface area (Å²) in [6, 6.07) is 20.4. The largest absolute Gasteiger partial charge is 0.545 e. The van der Waals surface area contributed by atoms with Crippen molar-refractivity contribution in [2.45, 2.75) is 0 Å². The van der Waals surface area contributed by atoms with Crippen LogP contribution >= 0.6 is 22.9 Å². The normalized spacial score (nSPS) is 11.1. The van der Waals surface area contributed by atoms with Gasteiger partial charge in [0, 0.05) is 16.3 Å². The molecule has 1 heterocycles. The van der Waals surface area contributed by atoms with Crippen molar-refractivity contribution in [2.24, 2.45) is 4.99 Å². The number of hydrogen-bond donors (Lipinski definition) is 0. The lowest BCUT2D eigenvalue weighted by atomic mass is 10.2. The monoisotopic (exact) mass is 434 g/mol. The van der Waals surface area contributed by atoms with E-state index in [4.69, 9.17) is 16.3 Å². The van der Waals surface area contributed by atoms with E-state index in [1.807, 2.05) is 24.3 Å². The van der Waals surface area contributed by atoms with Gasteiger partial charge in [-0.25, -0.2) is 4.79 Å². The molecule has 4 aromatic rings. The average molecular weight is 435 g/mol. The van der Waals surface area contributed by atoms with Crippen molar-refractivity contribution in [3.63, 3.8) is 0 Å². The van der Waals surface area contributed by atoms with Gasteiger partial charge >= 0.3 is 5.97 Å². The first-order valence-corrected chi connectivity index (χ1v) is 10.1. The van der Waals surface area contributed by atoms with E-state index in [0.29, 0.717) is 21.3 Å². The van der Waals surface area contributed by atoms with Gasteiger partial charge in [-0.05, 0) is 53.6 Å². The van der Waals surface area contributed by atoms with Gasteiger partial charge in [-0.15, -0.1) is 11.3 Å². The van der Waals surface area contributed by atoms with Crippen LogP contribution < -0.4 is 9.84 Å². The zero-order chi connectivity index (χ0) is 21.1. The number of carbonyl (C=O) groups is 2. The number of carbonyl (C=O) groups excluding carboxylic acids is 2. The number of thiophene rings is 1. The van der Waals surface area contributed by atoms with Gasteiger partial charge in [0.05, 0.1) is 16.7 Å². The molecular weight excluding hydrogens is 422 g/mol. The van der Waals surface area contributed by atoms with Crippen molar-refractivity contribution >= 4 is 56.9 Å². The molecule has 0 amide bonds. The van der Waals surface area contributed by atoms with Crippen LogP contribution in [0, 0.1) is 0 Å². The number of aromatic carboxylic acids is 1. The average Bonchev–Trinajstić information content (AvgIpc) is 3.10. The second-order valence-corrected chi connectivity index (χ2v) is 7.72. The number of rotatable bonds is 5. The predicted molar refractivity (Wildman–Crippen MR) is 116 cm³/mol. The maximum Gasteiger partial charge on any atom is 0.355 e. The van der Waals surface area contributed by atoms with E-state index in [0.717, 1.165) is 15.6 Å². The third-order valence-electron chi connectivity index (χ3n) is 4.28. The number of benzene rings is 3. The molecule has 0 saturated heterocycles. The molecule has 0 aliphatic heterocycles. The second kappa shape index (κ2) is 8.49. The summed E-state index contributed by atoms with van der Waals surface area (Å²) in [5.41, 5.74) is 1.49. The molecule has 0 unspecified atom stereocenters. The summed E-state index contributed by atoms with van der Waals surface area (Å²) < 4.78 is 6.37. The fourth-order valence-corrected chi connectivity index (χ4v) is 4.14. The first-order valence-electron chi connectivity index (χ1n) is 8.86. The van der Waals surface area contributed by atoms with Crippen LogP contribution in [-0.2, 0) is 0 Å². The number of esters is 1. The van der Waals surface area contributed by atoms with E-state index in [2.05, 4.69) is 4.99 Å². The molecule has 7 heteroatoms. The van der Waals surface area contributed by atoms with E-state index >= 15 is 0 Å². The van der Waals surface area contributed by atoms with Crippen molar-refractivity contribution in [3.8, 4) is 5.75 Å². The number of nitrogens with zero attached hydrogens (tertiary/aromatic N) is 1. The zero-order valence-electron chi connectivity index (χ0n) is 15.4. The van der Waals surface area contributed by atoms with E-state index in [1.165, 1.54) is 23.5 Å². The van der Waals surface area contributed by atoms with Crippen molar-refractivity contribution in [1.29, 1.82) is 0 Å². The van der Waals surface area contributed by atoms with Crippen molar-refractivity contribution in [3.05, 3.63) is 93.8 Å². The Kier molecular flexibility index (Phi) is 5.61. The highest BCUT2D eigenvalue weighted by molar-refractivity contribution is 7.21. The molecule has 0 fully saturated rings. The molecule has 148 valence electrons. The Hall–Kier alpha value is -3.48. The topological polar surface area (TPSA) is 78.8 Å². The van der Waals surface area contributed by atoms with E-state index in [9.17, 15) is 14.7 Å². The fourth-order valence-electron chi connectivity index (χ4n) is 2.75. The lowest BCUT2D eigenvalue weighted by Crippen LogP contribution is -2.21. The number of halogens is 1. The molecule has 30 heavy (non-hydrogen) atoms. The smallest absolute Gasteiger partial charge is 0.355 e. The Morgan fingerprint density at radius 3 is 2.33 bits per heavy atom. The SMILES string of the molecule is O=C([O-])c1ccc(N=Cc2ccc(OC(=O)c3sc4ccccc4c3Cl)cc2)cc1. The van der Waals surface area contributed by atoms with Crippen LogP contribution in [0.1, 0.15) is 25.6 Å². The molecule has 0 spiro atoms. The summed E-state index contributed by atoms with van der Waals surface area (Å²) in [7, 11) is 0. The van der Waals surface area contributed by atoms with Gasteiger partial charge in [-0.3, -0.25) is 4.99 Å². The minimum atomic E-state index is -1.23. The lowest BCUT2D eigenvalue weighted by molar-refractivity contribution is -0.255. The predicted octanol–water partition coefficient (Wildman–Crippen LogP) is 4.89. The lowest BCUT2D eigenvalue weighted by Gasteiger charge is -2.04. The van der Waals surface area contributed by atoms with E-state index in [-0.39, 0.29) is 5.56 Å². The van der Waals surface area contributed by atoms with Crippen LogP contribution in [0.4, 0.5) is 5.69 Å². The third kappa shape index (κ3) is 4.25. The van der Waals surface area contributed by atoms with Gasteiger partial charge in [0.25, 0.3) is 0 Å². The minimum Gasteiger partial charge on any atom is -0.545 e. The second-order valence-electron chi connectivity index (χ2n) is 6.29. The molecule has 4 rings (SSSR count). The number of carboxylic acid groups (broad SMARTS) is 1. The van der Waals surface area contributed by atoms with Gasteiger partial charge in [-0.2, -0.15) is 0 Å². The highest BCUT2D eigenvalue weighted by Gasteiger charge is 2.18. The molecule has 5 nitrogen and oxygen atoms in total. The molecule has 0 aliphatic rings. The first-order chi connectivity index (χ1) is 14.5. The highest BCUT2D eigenvalue weighted by atomic mass is 35.5. The third-order valence-corrected chi connectivity index (χ3v) is 5.93. The summed E-state index contributed by atoms with van der Waals surface area (Å²) in [5.74, 6) is -1.34. The van der Waals surface area contributed by atoms with Gasteiger partial charge in [-0.1, -0.05) is 41.9 Å². The molecular formula is C23H13ClNO4S-. The van der Waals surface area contributed by atoms with Crippen LogP contribution in [0.3, 0.4) is 0 Å². The molecule has 0 aliphatic carbocycles. The molecule has 1 aromatic heterocycles. The van der Waals surface area contributed by atoms with E-state index in [1.54, 1.807) is 42.6 Å². The Labute approximate surface area is 180 Å². The van der Waals surface area contributed by atoms with Gasteiger partial charge < -0.3 is 14.6 Å². The zero-order valence-corrected chi connectivity index (χ0v) is 16.9. The molecule has 3 aromatic carbocycles. The van der Waals surface area contributed by atoms with Crippen LogP contribution in [0.2, 0.25) is 5.02 Å². The molecule has 0 radical (unpaired) electrons. The maximum atomic E-state index is 12.5. The molecule has 0 N–H and O–H groups in total. The van der Waals surface area contributed by atoms with Crippen LogP contribution in [0.5, 0.6) is 5.75 Å². The van der Waals surface area contributed by atoms with Crippen LogP contribution in [0.25, 0.3) is 10.1 Å². The van der Waals surface area contributed by atoms with Crippen molar-refractivity contribution < 1.29 is 19.4 Å². The quantitative estimate of drug-likeness (QED) is 0.254. The standard InChI is InChI=1S/C23H14ClNO4S/c24-20-18-3-1-2-4-19(18)30-21(20)23(28)29-17-11-5-14(6-12-17)13-25-16-9-7-15(8-10-16)22(26)27/h1-13H,(H,26,27)/p-1. The fraction of sp³-hybridized carbons (Fsp3) is 0. The van der Waals surface area contributed by atoms with E-state index < -0.39 is 11.9 Å². The minimum absolute atomic E-state index is 0.0962. The molecule has 0 bridgehead atoms. The van der Waals surface area contributed by atoms with Crippen molar-refractivity contribution in [2.75, 3.05) is 0 Å².